The number of benzene rings is 1. The Labute approximate surface area is 116 Å². The predicted molar refractivity (Wildman–Crippen MR) is 68.8 cm³/mol. The molecule has 1 aliphatic carbocycles. The molecule has 1 saturated carbocycles. The average molecular weight is 281 g/mol. The van der Waals surface area contributed by atoms with Gasteiger partial charge in [0.1, 0.15) is 11.6 Å². The number of hydrogen-bond donors (Lipinski definition) is 1. The molecule has 0 aromatic heterocycles. The first-order valence-electron chi connectivity index (χ1n) is 7.00. The molecule has 3 rings (SSSR count). The van der Waals surface area contributed by atoms with E-state index in [1.54, 1.807) is 4.90 Å². The highest BCUT2D eigenvalue weighted by molar-refractivity contribution is 5.80. The maximum absolute atomic E-state index is 13.8. The molecular weight excluding hydrogens is 264 g/mol. The number of amides is 1. The van der Waals surface area contributed by atoms with E-state index in [-0.39, 0.29) is 23.9 Å². The lowest BCUT2D eigenvalue weighted by Gasteiger charge is -2.32. The molecule has 2 aliphatic rings. The summed E-state index contributed by atoms with van der Waals surface area (Å²) in [5.41, 5.74) is 0.651. The van der Waals surface area contributed by atoms with E-state index in [1.165, 1.54) is 0 Å². The minimum atomic E-state index is -0.596. The number of aliphatic hydroxyl groups excluding tert-OH is 1. The molecule has 1 aliphatic heterocycles. The van der Waals surface area contributed by atoms with Gasteiger partial charge in [-0.05, 0) is 43.4 Å². The maximum atomic E-state index is 13.8. The van der Waals surface area contributed by atoms with E-state index in [1.807, 2.05) is 0 Å². The minimum absolute atomic E-state index is 0.0982. The molecule has 0 saturated heterocycles. The molecule has 2 atom stereocenters. The first-order chi connectivity index (χ1) is 9.58. The van der Waals surface area contributed by atoms with Crippen molar-refractivity contribution in [1.82, 2.24) is 4.90 Å². The number of halogens is 2. The fourth-order valence-electron chi connectivity index (χ4n) is 3.24. The molecule has 108 valence electrons. The van der Waals surface area contributed by atoms with E-state index in [4.69, 9.17) is 0 Å². The van der Waals surface area contributed by atoms with Gasteiger partial charge in [-0.25, -0.2) is 8.78 Å². The highest BCUT2D eigenvalue weighted by Crippen LogP contribution is 2.30. The van der Waals surface area contributed by atoms with Crippen LogP contribution < -0.4 is 0 Å². The standard InChI is InChI=1S/C15H17F2NO2/c16-12-4-5-13(17)11-8-18(7-6-9(11)12)15(20)10-2-1-3-14(10)19/h4-5,10,14,19H,1-3,6-8H2. The topological polar surface area (TPSA) is 40.5 Å². The van der Waals surface area contributed by atoms with E-state index in [0.717, 1.165) is 18.6 Å². The number of hydrogen-bond acceptors (Lipinski definition) is 2. The summed E-state index contributed by atoms with van der Waals surface area (Å²) in [6, 6.07) is 2.24. The number of aliphatic hydroxyl groups is 1. The molecule has 5 heteroatoms. The molecule has 0 spiro atoms. The van der Waals surface area contributed by atoms with Gasteiger partial charge in [0.15, 0.2) is 0 Å². The molecule has 2 unspecified atom stereocenters. The number of fused-ring (bicyclic) bond motifs is 1. The van der Waals surface area contributed by atoms with Gasteiger partial charge in [-0.3, -0.25) is 4.79 Å². The summed E-state index contributed by atoms with van der Waals surface area (Å²) in [7, 11) is 0. The SMILES string of the molecule is O=C(C1CCCC1O)N1CCc2c(F)ccc(F)c2C1. The van der Waals surface area contributed by atoms with Crippen LogP contribution in [0.3, 0.4) is 0 Å². The van der Waals surface area contributed by atoms with Crippen LogP contribution in [0.25, 0.3) is 0 Å². The van der Waals surface area contributed by atoms with E-state index in [0.29, 0.717) is 31.4 Å². The molecule has 20 heavy (non-hydrogen) atoms. The van der Waals surface area contributed by atoms with Crippen molar-refractivity contribution in [2.24, 2.45) is 5.92 Å². The van der Waals surface area contributed by atoms with Crippen LogP contribution in [0.15, 0.2) is 12.1 Å². The Balaban J connectivity index is 1.82. The Morgan fingerprint density at radius 2 is 1.90 bits per heavy atom. The summed E-state index contributed by atoms with van der Waals surface area (Å²) in [5.74, 6) is -1.39. The molecule has 0 bridgehead atoms. The van der Waals surface area contributed by atoms with Gasteiger partial charge in [-0.1, -0.05) is 0 Å². The van der Waals surface area contributed by atoms with Crippen LogP contribution in [-0.2, 0) is 17.8 Å². The van der Waals surface area contributed by atoms with Crippen molar-refractivity contribution in [3.8, 4) is 0 Å². The molecule has 1 heterocycles. The third-order valence-corrected chi connectivity index (χ3v) is 4.41. The van der Waals surface area contributed by atoms with Gasteiger partial charge in [0.25, 0.3) is 0 Å². The van der Waals surface area contributed by atoms with Gasteiger partial charge < -0.3 is 10.0 Å². The van der Waals surface area contributed by atoms with Crippen molar-refractivity contribution in [3.05, 3.63) is 34.9 Å². The molecule has 1 fully saturated rings. The Kier molecular flexibility index (Phi) is 3.46. The molecule has 1 aromatic rings. The molecule has 1 amide bonds. The lowest BCUT2D eigenvalue weighted by atomic mass is 9.96. The highest BCUT2D eigenvalue weighted by Gasteiger charge is 2.36. The Morgan fingerprint density at radius 3 is 2.55 bits per heavy atom. The fourth-order valence-corrected chi connectivity index (χ4v) is 3.24. The molecule has 3 nitrogen and oxygen atoms in total. The van der Waals surface area contributed by atoms with Gasteiger partial charge in [0, 0.05) is 18.7 Å². The van der Waals surface area contributed by atoms with Gasteiger partial charge in [-0.2, -0.15) is 0 Å². The third-order valence-electron chi connectivity index (χ3n) is 4.41. The second-order valence-electron chi connectivity index (χ2n) is 5.60. The third kappa shape index (κ3) is 2.20. The van der Waals surface area contributed by atoms with Crippen molar-refractivity contribution >= 4 is 5.91 Å². The first kappa shape index (κ1) is 13.5. The molecule has 1 N–H and O–H groups in total. The van der Waals surface area contributed by atoms with Crippen LogP contribution in [0.1, 0.15) is 30.4 Å². The maximum Gasteiger partial charge on any atom is 0.228 e. The summed E-state index contributed by atoms with van der Waals surface area (Å²) in [4.78, 5) is 13.9. The lowest BCUT2D eigenvalue weighted by Crippen LogP contribution is -2.42. The van der Waals surface area contributed by atoms with Crippen molar-refractivity contribution in [2.45, 2.75) is 38.3 Å². The van der Waals surface area contributed by atoms with Gasteiger partial charge in [0.2, 0.25) is 5.91 Å². The Morgan fingerprint density at radius 1 is 1.20 bits per heavy atom. The smallest absolute Gasteiger partial charge is 0.228 e. The van der Waals surface area contributed by atoms with Crippen LogP contribution in [0.4, 0.5) is 8.78 Å². The number of nitrogens with zero attached hydrogens (tertiary/aromatic N) is 1. The average Bonchev–Trinajstić information content (AvgIpc) is 2.88. The quantitative estimate of drug-likeness (QED) is 0.855. The molecule has 1 aromatic carbocycles. The summed E-state index contributed by atoms with van der Waals surface area (Å²) in [5, 5.41) is 9.80. The zero-order valence-corrected chi connectivity index (χ0v) is 11.1. The van der Waals surface area contributed by atoms with Gasteiger partial charge >= 0.3 is 0 Å². The molecular formula is C15H17F2NO2. The second-order valence-corrected chi connectivity index (χ2v) is 5.60. The van der Waals surface area contributed by atoms with Crippen LogP contribution in [-0.4, -0.2) is 28.6 Å². The van der Waals surface area contributed by atoms with Crippen molar-refractivity contribution < 1.29 is 18.7 Å². The number of carbonyl (C=O) groups is 1. The fraction of sp³-hybridized carbons (Fsp3) is 0.533. The number of rotatable bonds is 1. The van der Waals surface area contributed by atoms with E-state index < -0.39 is 17.7 Å². The molecule has 0 radical (unpaired) electrons. The largest absolute Gasteiger partial charge is 0.392 e. The zero-order valence-electron chi connectivity index (χ0n) is 11.1. The number of carbonyl (C=O) groups excluding carboxylic acids is 1. The Bertz CT molecular complexity index is 547. The summed E-state index contributed by atoms with van der Waals surface area (Å²) in [6.45, 7) is 0.483. The summed E-state index contributed by atoms with van der Waals surface area (Å²) in [6.07, 6.45) is 1.89. The Hall–Kier alpha value is -1.49. The van der Waals surface area contributed by atoms with E-state index in [9.17, 15) is 18.7 Å². The van der Waals surface area contributed by atoms with Gasteiger partial charge in [0.05, 0.1) is 12.0 Å². The zero-order chi connectivity index (χ0) is 14.3. The normalized spacial score (nSPS) is 25.6. The van der Waals surface area contributed by atoms with Crippen molar-refractivity contribution in [3.63, 3.8) is 0 Å². The van der Waals surface area contributed by atoms with Crippen molar-refractivity contribution in [2.75, 3.05) is 6.54 Å². The highest BCUT2D eigenvalue weighted by atomic mass is 19.1. The summed E-state index contributed by atoms with van der Waals surface area (Å²) < 4.78 is 27.4. The van der Waals surface area contributed by atoms with Crippen molar-refractivity contribution in [1.29, 1.82) is 0 Å². The lowest BCUT2D eigenvalue weighted by molar-refractivity contribution is -0.139. The first-order valence-corrected chi connectivity index (χ1v) is 7.00. The van der Waals surface area contributed by atoms with E-state index >= 15 is 0 Å². The predicted octanol–water partition coefficient (Wildman–Crippen LogP) is 2.01. The summed E-state index contributed by atoms with van der Waals surface area (Å²) >= 11 is 0. The van der Waals surface area contributed by atoms with Gasteiger partial charge in [-0.15, -0.1) is 0 Å². The minimum Gasteiger partial charge on any atom is -0.392 e. The van der Waals surface area contributed by atoms with Crippen LogP contribution in [0, 0.1) is 17.6 Å². The van der Waals surface area contributed by atoms with Crippen LogP contribution in [0.5, 0.6) is 0 Å². The van der Waals surface area contributed by atoms with Crippen LogP contribution >= 0.6 is 0 Å². The van der Waals surface area contributed by atoms with Crippen LogP contribution in [0.2, 0.25) is 0 Å². The van der Waals surface area contributed by atoms with E-state index in [2.05, 4.69) is 0 Å². The second kappa shape index (κ2) is 5.13. The monoisotopic (exact) mass is 281 g/mol.